The van der Waals surface area contributed by atoms with Gasteiger partial charge in [-0.05, 0) is 5.56 Å². The van der Waals surface area contributed by atoms with Gasteiger partial charge in [0.1, 0.15) is 0 Å². The number of rotatable bonds is 3. The first-order valence-corrected chi connectivity index (χ1v) is 4.14. The van der Waals surface area contributed by atoms with E-state index in [4.69, 9.17) is 6.42 Å². The average molecular weight is 196 g/mol. The molecule has 0 aliphatic rings. The molecule has 1 atom stereocenters. The van der Waals surface area contributed by atoms with Gasteiger partial charge in [0.15, 0.2) is 0 Å². The van der Waals surface area contributed by atoms with Gasteiger partial charge in [-0.3, -0.25) is 0 Å². The summed E-state index contributed by atoms with van der Waals surface area (Å²) in [6, 6.07) is 5.51. The smallest absolute Gasteiger partial charge is 0.263 e. The van der Waals surface area contributed by atoms with Gasteiger partial charge in [-0.25, -0.2) is 8.78 Å². The summed E-state index contributed by atoms with van der Waals surface area (Å²) in [5, 5.41) is 9.42. The van der Waals surface area contributed by atoms with Gasteiger partial charge in [-0.1, -0.05) is 24.3 Å². The molecule has 0 fully saturated rings. The van der Waals surface area contributed by atoms with Crippen molar-refractivity contribution in [2.45, 2.75) is 19.0 Å². The van der Waals surface area contributed by atoms with Gasteiger partial charge >= 0.3 is 0 Å². The van der Waals surface area contributed by atoms with E-state index in [0.29, 0.717) is 5.56 Å². The van der Waals surface area contributed by atoms with E-state index >= 15 is 0 Å². The fraction of sp³-hybridized carbons (Fsp3) is 0.273. The van der Waals surface area contributed by atoms with Crippen LogP contribution in [0, 0.1) is 12.3 Å². The maximum Gasteiger partial charge on any atom is 0.263 e. The molecule has 3 heteroatoms. The van der Waals surface area contributed by atoms with Crippen molar-refractivity contribution in [2.75, 3.05) is 0 Å². The van der Waals surface area contributed by atoms with Crippen LogP contribution in [0.15, 0.2) is 24.3 Å². The Hall–Kier alpha value is -1.40. The van der Waals surface area contributed by atoms with Crippen molar-refractivity contribution >= 4 is 0 Å². The second-order valence-corrected chi connectivity index (χ2v) is 2.89. The van der Waals surface area contributed by atoms with E-state index in [1.54, 1.807) is 0 Å². The van der Waals surface area contributed by atoms with E-state index in [2.05, 4.69) is 5.92 Å². The number of benzene rings is 1. The molecule has 1 aromatic carbocycles. The second kappa shape index (κ2) is 4.73. The first-order chi connectivity index (χ1) is 6.65. The zero-order chi connectivity index (χ0) is 10.6. The quantitative estimate of drug-likeness (QED) is 0.737. The highest BCUT2D eigenvalue weighted by Gasteiger charge is 2.09. The molecular formula is C11H10F2O. The van der Waals surface area contributed by atoms with Crippen LogP contribution >= 0.6 is 0 Å². The maximum atomic E-state index is 12.2. The van der Waals surface area contributed by atoms with Crippen molar-refractivity contribution < 1.29 is 13.9 Å². The van der Waals surface area contributed by atoms with E-state index in [9.17, 15) is 13.9 Å². The van der Waals surface area contributed by atoms with Gasteiger partial charge in [0, 0.05) is 12.0 Å². The predicted octanol–water partition coefficient (Wildman–Crippen LogP) is 2.68. The molecule has 0 saturated carbocycles. The SMILES string of the molecule is C#CCC(O)c1ccc(C(F)F)cc1. The van der Waals surface area contributed by atoms with Gasteiger partial charge < -0.3 is 5.11 Å². The van der Waals surface area contributed by atoms with Crippen LogP contribution in [0.4, 0.5) is 8.78 Å². The lowest BCUT2D eigenvalue weighted by molar-refractivity contribution is 0.151. The first-order valence-electron chi connectivity index (χ1n) is 4.14. The van der Waals surface area contributed by atoms with Crippen molar-refractivity contribution in [3.8, 4) is 12.3 Å². The molecule has 0 radical (unpaired) electrons. The molecular weight excluding hydrogens is 186 g/mol. The summed E-state index contributed by atoms with van der Waals surface area (Å²) < 4.78 is 24.3. The zero-order valence-electron chi connectivity index (χ0n) is 7.45. The van der Waals surface area contributed by atoms with Crippen molar-refractivity contribution in [1.29, 1.82) is 0 Å². The van der Waals surface area contributed by atoms with Crippen molar-refractivity contribution in [1.82, 2.24) is 0 Å². The minimum Gasteiger partial charge on any atom is -0.387 e. The van der Waals surface area contributed by atoms with Gasteiger partial charge in [-0.2, -0.15) is 0 Å². The lowest BCUT2D eigenvalue weighted by Crippen LogP contribution is -1.96. The molecule has 1 N–H and O–H groups in total. The zero-order valence-corrected chi connectivity index (χ0v) is 7.45. The van der Waals surface area contributed by atoms with Crippen LogP contribution in [0.5, 0.6) is 0 Å². The molecule has 1 nitrogen and oxygen atoms in total. The number of aliphatic hydroxyl groups excluding tert-OH is 1. The van der Waals surface area contributed by atoms with E-state index in [0.717, 1.165) is 0 Å². The number of alkyl halides is 2. The summed E-state index contributed by atoms with van der Waals surface area (Å²) >= 11 is 0. The van der Waals surface area contributed by atoms with Crippen LogP contribution < -0.4 is 0 Å². The molecule has 74 valence electrons. The molecule has 14 heavy (non-hydrogen) atoms. The molecule has 0 spiro atoms. The van der Waals surface area contributed by atoms with E-state index < -0.39 is 12.5 Å². The fourth-order valence-corrected chi connectivity index (χ4v) is 1.09. The third-order valence-corrected chi connectivity index (χ3v) is 1.88. The van der Waals surface area contributed by atoms with Gasteiger partial charge in [0.25, 0.3) is 6.43 Å². The average Bonchev–Trinajstić information content (AvgIpc) is 2.18. The molecule has 0 saturated heterocycles. The Morgan fingerprint density at radius 3 is 2.14 bits per heavy atom. The van der Waals surface area contributed by atoms with Gasteiger partial charge in [0.2, 0.25) is 0 Å². The Labute approximate surface area is 81.4 Å². The standard InChI is InChI=1S/C11H10F2O/c1-2-3-10(14)8-4-6-9(7-5-8)11(12)13/h1,4-7,10-11,14H,3H2. The van der Waals surface area contributed by atoms with Crippen molar-refractivity contribution in [3.63, 3.8) is 0 Å². The Balaban J connectivity index is 2.78. The topological polar surface area (TPSA) is 20.2 Å². The highest BCUT2D eigenvalue weighted by Crippen LogP contribution is 2.22. The van der Waals surface area contributed by atoms with Crippen LogP contribution in [0.3, 0.4) is 0 Å². The summed E-state index contributed by atoms with van der Waals surface area (Å²) in [6.45, 7) is 0. The fourth-order valence-electron chi connectivity index (χ4n) is 1.09. The molecule has 0 bridgehead atoms. The van der Waals surface area contributed by atoms with Crippen LogP contribution in [0.2, 0.25) is 0 Å². The van der Waals surface area contributed by atoms with Crippen LogP contribution in [-0.4, -0.2) is 5.11 Å². The molecule has 1 rings (SSSR count). The lowest BCUT2D eigenvalue weighted by atomic mass is 10.1. The normalized spacial score (nSPS) is 12.5. The first kappa shape index (κ1) is 10.7. The third kappa shape index (κ3) is 2.54. The molecule has 0 aliphatic heterocycles. The number of halogens is 2. The van der Waals surface area contributed by atoms with E-state index in [1.165, 1.54) is 24.3 Å². The summed E-state index contributed by atoms with van der Waals surface area (Å²) in [4.78, 5) is 0. The highest BCUT2D eigenvalue weighted by molar-refractivity contribution is 5.25. The predicted molar refractivity (Wildman–Crippen MR) is 49.8 cm³/mol. The van der Waals surface area contributed by atoms with Crippen molar-refractivity contribution in [2.24, 2.45) is 0 Å². The number of hydrogen-bond donors (Lipinski definition) is 1. The maximum absolute atomic E-state index is 12.2. The Bertz CT molecular complexity index is 324. The number of hydrogen-bond acceptors (Lipinski definition) is 1. The summed E-state index contributed by atoms with van der Waals surface area (Å²) in [7, 11) is 0. The summed E-state index contributed by atoms with van der Waals surface area (Å²) in [6.07, 6.45) is 1.95. The number of terminal acetylenes is 1. The third-order valence-electron chi connectivity index (χ3n) is 1.88. The molecule has 1 unspecified atom stereocenters. The largest absolute Gasteiger partial charge is 0.387 e. The lowest BCUT2D eigenvalue weighted by Gasteiger charge is -2.07. The molecule has 0 aliphatic carbocycles. The molecule has 0 amide bonds. The molecule has 0 heterocycles. The minimum atomic E-state index is -2.48. The van der Waals surface area contributed by atoms with Crippen LogP contribution in [0.1, 0.15) is 30.1 Å². The van der Waals surface area contributed by atoms with Crippen LogP contribution in [-0.2, 0) is 0 Å². The van der Waals surface area contributed by atoms with E-state index in [-0.39, 0.29) is 12.0 Å². The monoisotopic (exact) mass is 196 g/mol. The van der Waals surface area contributed by atoms with E-state index in [1.807, 2.05) is 0 Å². The Morgan fingerprint density at radius 1 is 1.21 bits per heavy atom. The molecule has 1 aromatic rings. The van der Waals surface area contributed by atoms with Crippen molar-refractivity contribution in [3.05, 3.63) is 35.4 Å². The Kier molecular flexibility index (Phi) is 3.61. The highest BCUT2D eigenvalue weighted by atomic mass is 19.3. The number of aliphatic hydroxyl groups is 1. The summed E-state index contributed by atoms with van der Waals surface area (Å²) in [5.41, 5.74) is 0.508. The Morgan fingerprint density at radius 2 is 1.71 bits per heavy atom. The molecule has 0 aromatic heterocycles. The van der Waals surface area contributed by atoms with Gasteiger partial charge in [0.05, 0.1) is 6.10 Å². The second-order valence-electron chi connectivity index (χ2n) is 2.89. The summed E-state index contributed by atoms with van der Waals surface area (Å²) in [5.74, 6) is 2.31. The van der Waals surface area contributed by atoms with Crippen LogP contribution in [0.25, 0.3) is 0 Å². The van der Waals surface area contributed by atoms with Gasteiger partial charge in [-0.15, -0.1) is 12.3 Å². The minimum absolute atomic E-state index is 0.0540.